The minimum absolute atomic E-state index is 0.102. The first kappa shape index (κ1) is 23.7. The van der Waals surface area contributed by atoms with Gasteiger partial charge in [0.2, 0.25) is 0 Å². The Labute approximate surface area is 194 Å². The van der Waals surface area contributed by atoms with E-state index in [1.807, 2.05) is 19.0 Å². The Hall–Kier alpha value is -2.95. The summed E-state index contributed by atoms with van der Waals surface area (Å²) in [5, 5.41) is 12.7. The standard InChI is InChI=1S/C21H23ClN4O5S/c1-24(2)8-5-9-25(21-23-15-7-6-13(22)10-19(15)32-21)20(27)14-11-17(30-3)18(31-4)12-16(14)26(28)29/h6-7,10-12H,5,8-9H2,1-4H3. The second-order valence-electron chi connectivity index (χ2n) is 7.20. The second-order valence-corrected chi connectivity index (χ2v) is 8.65. The van der Waals surface area contributed by atoms with Crippen LogP contribution in [-0.2, 0) is 0 Å². The van der Waals surface area contributed by atoms with Crippen molar-refractivity contribution in [2.45, 2.75) is 6.42 Å². The molecule has 0 saturated heterocycles. The lowest BCUT2D eigenvalue weighted by molar-refractivity contribution is -0.385. The monoisotopic (exact) mass is 478 g/mol. The first-order valence-electron chi connectivity index (χ1n) is 9.68. The van der Waals surface area contributed by atoms with E-state index in [1.54, 1.807) is 18.2 Å². The number of benzene rings is 2. The normalized spacial score (nSPS) is 11.1. The quantitative estimate of drug-likeness (QED) is 0.330. The Balaban J connectivity index is 2.09. The number of nitrogens with zero attached hydrogens (tertiary/aromatic N) is 4. The summed E-state index contributed by atoms with van der Waals surface area (Å²) in [7, 11) is 6.66. The molecule has 3 rings (SSSR count). The number of aromatic nitrogens is 1. The molecule has 1 amide bonds. The molecule has 32 heavy (non-hydrogen) atoms. The van der Waals surface area contributed by atoms with E-state index in [0.29, 0.717) is 28.6 Å². The van der Waals surface area contributed by atoms with Gasteiger partial charge < -0.3 is 14.4 Å². The maximum Gasteiger partial charge on any atom is 0.286 e. The van der Waals surface area contributed by atoms with Crippen molar-refractivity contribution < 1.29 is 19.2 Å². The fourth-order valence-corrected chi connectivity index (χ4v) is 4.43. The van der Waals surface area contributed by atoms with Crippen LogP contribution in [-0.4, -0.2) is 62.1 Å². The summed E-state index contributed by atoms with van der Waals surface area (Å²) >= 11 is 7.40. The fraction of sp³-hybridized carbons (Fsp3) is 0.333. The smallest absolute Gasteiger partial charge is 0.286 e. The number of carbonyl (C=O) groups is 1. The third kappa shape index (κ3) is 5.09. The van der Waals surface area contributed by atoms with Gasteiger partial charge in [-0.2, -0.15) is 0 Å². The number of halogens is 1. The summed E-state index contributed by atoms with van der Waals surface area (Å²) in [5.74, 6) is -0.142. The first-order valence-corrected chi connectivity index (χ1v) is 10.9. The maximum absolute atomic E-state index is 13.6. The summed E-state index contributed by atoms with van der Waals surface area (Å²) in [4.78, 5) is 32.8. The van der Waals surface area contributed by atoms with Gasteiger partial charge in [0.15, 0.2) is 16.6 Å². The zero-order valence-corrected chi connectivity index (χ0v) is 19.7. The highest BCUT2D eigenvalue weighted by molar-refractivity contribution is 7.22. The summed E-state index contributed by atoms with van der Waals surface area (Å²) in [6, 6.07) is 7.81. The Kier molecular flexibility index (Phi) is 7.49. The van der Waals surface area contributed by atoms with E-state index in [4.69, 9.17) is 21.1 Å². The Morgan fingerprint density at radius 1 is 1.16 bits per heavy atom. The highest BCUT2D eigenvalue weighted by Crippen LogP contribution is 2.37. The van der Waals surface area contributed by atoms with Crippen molar-refractivity contribution in [3.05, 3.63) is 51.0 Å². The van der Waals surface area contributed by atoms with Crippen LogP contribution in [0, 0.1) is 10.1 Å². The number of carbonyl (C=O) groups excluding carboxylic acids is 1. The number of ether oxygens (including phenoxy) is 2. The van der Waals surface area contributed by atoms with Crippen LogP contribution in [0.2, 0.25) is 5.02 Å². The molecule has 2 aromatic carbocycles. The van der Waals surface area contributed by atoms with Gasteiger partial charge in [0, 0.05) is 17.6 Å². The average Bonchev–Trinajstić information content (AvgIpc) is 3.17. The lowest BCUT2D eigenvalue weighted by Crippen LogP contribution is -2.34. The number of thiazole rings is 1. The third-order valence-corrected chi connectivity index (χ3v) is 6.01. The number of nitro groups is 1. The van der Waals surface area contributed by atoms with Crippen LogP contribution in [0.4, 0.5) is 10.8 Å². The molecule has 11 heteroatoms. The van der Waals surface area contributed by atoms with E-state index >= 15 is 0 Å². The van der Waals surface area contributed by atoms with Crippen LogP contribution in [0.25, 0.3) is 10.2 Å². The predicted molar refractivity (Wildman–Crippen MR) is 126 cm³/mol. The molecule has 9 nitrogen and oxygen atoms in total. The molecule has 0 spiro atoms. The van der Waals surface area contributed by atoms with E-state index in [0.717, 1.165) is 11.2 Å². The summed E-state index contributed by atoms with van der Waals surface area (Å²) in [6.45, 7) is 1.06. The zero-order chi connectivity index (χ0) is 23.4. The largest absolute Gasteiger partial charge is 0.493 e. The lowest BCUT2D eigenvalue weighted by Gasteiger charge is -2.21. The van der Waals surface area contributed by atoms with E-state index in [9.17, 15) is 14.9 Å². The van der Waals surface area contributed by atoms with E-state index < -0.39 is 10.8 Å². The number of nitro benzene ring substituents is 1. The van der Waals surface area contributed by atoms with Gasteiger partial charge in [0.05, 0.1) is 35.4 Å². The first-order chi connectivity index (χ1) is 15.2. The van der Waals surface area contributed by atoms with Crippen LogP contribution in [0.1, 0.15) is 16.8 Å². The van der Waals surface area contributed by atoms with Crippen molar-refractivity contribution in [3.63, 3.8) is 0 Å². The van der Waals surface area contributed by atoms with Gasteiger partial charge in [-0.1, -0.05) is 22.9 Å². The Morgan fingerprint density at radius 3 is 2.47 bits per heavy atom. The maximum atomic E-state index is 13.6. The molecule has 0 bridgehead atoms. The van der Waals surface area contributed by atoms with Crippen molar-refractivity contribution in [2.75, 3.05) is 46.3 Å². The number of fused-ring (bicyclic) bond motifs is 1. The SMILES string of the molecule is COc1cc(C(=O)N(CCCN(C)C)c2nc3ccc(Cl)cc3s2)c([N+](=O)[O-])cc1OC. The number of rotatable bonds is 9. The molecular formula is C21H23ClN4O5S. The van der Waals surface area contributed by atoms with Crippen LogP contribution < -0.4 is 14.4 Å². The van der Waals surface area contributed by atoms with Gasteiger partial charge in [-0.05, 0) is 45.3 Å². The molecule has 1 heterocycles. The van der Waals surface area contributed by atoms with Crippen molar-refractivity contribution in [1.29, 1.82) is 0 Å². The molecule has 3 aromatic rings. The number of hydrogen-bond donors (Lipinski definition) is 0. The minimum atomic E-state index is -0.606. The molecule has 0 aliphatic carbocycles. The summed E-state index contributed by atoms with van der Waals surface area (Å²) in [6.07, 6.45) is 0.649. The van der Waals surface area contributed by atoms with Gasteiger partial charge in [-0.3, -0.25) is 19.8 Å². The minimum Gasteiger partial charge on any atom is -0.493 e. The van der Waals surface area contributed by atoms with Gasteiger partial charge >= 0.3 is 0 Å². The van der Waals surface area contributed by atoms with E-state index in [1.165, 1.54) is 42.6 Å². The van der Waals surface area contributed by atoms with Crippen LogP contribution in [0.5, 0.6) is 11.5 Å². The summed E-state index contributed by atoms with van der Waals surface area (Å²) in [5.41, 5.74) is 0.228. The molecule has 1 aromatic heterocycles. The number of anilines is 1. The zero-order valence-electron chi connectivity index (χ0n) is 18.1. The van der Waals surface area contributed by atoms with Gasteiger partial charge in [0.1, 0.15) is 5.56 Å². The van der Waals surface area contributed by atoms with Crippen LogP contribution >= 0.6 is 22.9 Å². The molecule has 0 saturated carbocycles. The van der Waals surface area contributed by atoms with Crippen molar-refractivity contribution >= 4 is 49.9 Å². The third-order valence-electron chi connectivity index (χ3n) is 4.73. The molecule has 0 atom stereocenters. The lowest BCUT2D eigenvalue weighted by atomic mass is 10.1. The topological polar surface area (TPSA) is 98.0 Å². The molecule has 0 aliphatic heterocycles. The highest BCUT2D eigenvalue weighted by Gasteiger charge is 2.30. The molecule has 0 unspecified atom stereocenters. The molecule has 0 aliphatic rings. The van der Waals surface area contributed by atoms with Crippen molar-refractivity contribution in [1.82, 2.24) is 9.88 Å². The molecule has 170 valence electrons. The Bertz CT molecular complexity index is 1150. The van der Waals surface area contributed by atoms with E-state index in [2.05, 4.69) is 4.98 Å². The van der Waals surface area contributed by atoms with Gasteiger partial charge in [-0.25, -0.2) is 4.98 Å². The molecular weight excluding hydrogens is 456 g/mol. The number of amides is 1. The van der Waals surface area contributed by atoms with Crippen molar-refractivity contribution in [3.8, 4) is 11.5 Å². The Morgan fingerprint density at radius 2 is 1.84 bits per heavy atom. The van der Waals surface area contributed by atoms with Gasteiger partial charge in [0.25, 0.3) is 11.6 Å². The highest BCUT2D eigenvalue weighted by atomic mass is 35.5. The predicted octanol–water partition coefficient (Wildman–Crippen LogP) is 4.47. The molecule has 0 radical (unpaired) electrons. The summed E-state index contributed by atoms with van der Waals surface area (Å²) < 4.78 is 11.3. The number of methoxy groups -OCH3 is 2. The van der Waals surface area contributed by atoms with Crippen molar-refractivity contribution in [2.24, 2.45) is 0 Å². The molecule has 0 fully saturated rings. The van der Waals surface area contributed by atoms with Crippen LogP contribution in [0.15, 0.2) is 30.3 Å². The number of hydrogen-bond acceptors (Lipinski definition) is 8. The molecule has 0 N–H and O–H groups in total. The fourth-order valence-electron chi connectivity index (χ4n) is 3.17. The van der Waals surface area contributed by atoms with Crippen LogP contribution in [0.3, 0.4) is 0 Å². The van der Waals surface area contributed by atoms with Gasteiger partial charge in [-0.15, -0.1) is 0 Å². The van der Waals surface area contributed by atoms with E-state index in [-0.39, 0.29) is 22.7 Å². The average molecular weight is 479 g/mol. The second kappa shape index (κ2) is 10.1.